The van der Waals surface area contributed by atoms with Gasteiger partial charge in [-0.05, 0) is 119 Å². The summed E-state index contributed by atoms with van der Waals surface area (Å²) in [5, 5.41) is 29.5. The molecule has 0 aromatic rings. The molecule has 0 unspecified atom stereocenters. The first kappa shape index (κ1) is 64.0. The van der Waals surface area contributed by atoms with Crippen LogP contribution in [0.25, 0.3) is 0 Å². The number of rotatable bonds is 32. The molecule has 0 bridgehead atoms. The number of allylic oxidation sites excluding steroid dienone is 10. The van der Waals surface area contributed by atoms with Crippen LogP contribution in [-0.2, 0) is 28.8 Å². The van der Waals surface area contributed by atoms with Gasteiger partial charge in [-0.3, -0.25) is 19.2 Å². The number of aliphatic carboxylic acids is 2. The molecule has 0 heterocycles. The molecule has 0 aliphatic carbocycles. The molecule has 0 saturated carbocycles. The first-order chi connectivity index (χ1) is 30.9. The molecule has 0 fully saturated rings. The SMILES string of the molecule is CC[C@H](C)[C@@H](NC(C)=O)C(=O)N[C@@H](CSC/C=C(\C)CC/C=C(\C)CCC=C(C)C)C(=O)O.CC[C@H](C)[C@H](NC(C)=O)C(=O)N[C@@H](CSC/C=C(\C)CC/C=C(\C)CCC=C(C)C)C(=O)O. The summed E-state index contributed by atoms with van der Waals surface area (Å²) >= 11 is 2.94. The molecule has 0 rings (SSSR count). The molecule has 6 N–H and O–H groups in total. The first-order valence-corrected chi connectivity index (χ1v) is 25.9. The lowest BCUT2D eigenvalue weighted by Crippen LogP contribution is -2.54. The van der Waals surface area contributed by atoms with Crippen molar-refractivity contribution in [3.05, 3.63) is 69.9 Å². The minimum atomic E-state index is -1.07. The highest BCUT2D eigenvalue weighted by molar-refractivity contribution is 7.99. The Balaban J connectivity index is 0. The van der Waals surface area contributed by atoms with Crippen molar-refractivity contribution in [1.82, 2.24) is 21.3 Å². The standard InChI is InChI=1S/2C26H44N2O4S/c2*1-8-21(6)24(27-22(7)29)25(30)28-23(26(31)32)17-33-16-15-20(5)14-10-13-19(4)12-9-11-18(2)3/h2*11,13,15,21,23-24H,8-10,12,14,16-17H2,1-7H3,(H,27,29)(H,28,30)(H,31,32)/b2*19-13+,20-15+/t21-,23-,24+;21-,23-,24-/m00/s1. The lowest BCUT2D eigenvalue weighted by molar-refractivity contribution is -0.142. The maximum atomic E-state index is 12.6. The van der Waals surface area contributed by atoms with E-state index in [1.807, 2.05) is 27.7 Å². The molecule has 66 heavy (non-hydrogen) atoms. The molecule has 376 valence electrons. The molecule has 0 aliphatic rings. The van der Waals surface area contributed by atoms with Gasteiger partial charge in [0.2, 0.25) is 23.6 Å². The molecule has 14 heteroatoms. The van der Waals surface area contributed by atoms with Crippen LogP contribution in [-0.4, -0.2) is 93.0 Å². The molecule has 0 spiro atoms. The fourth-order valence-corrected chi connectivity index (χ4v) is 8.17. The van der Waals surface area contributed by atoms with E-state index in [2.05, 4.69) is 113 Å². The van der Waals surface area contributed by atoms with Crippen LogP contribution >= 0.6 is 23.5 Å². The van der Waals surface area contributed by atoms with Gasteiger partial charge in [-0.1, -0.05) is 110 Å². The highest BCUT2D eigenvalue weighted by atomic mass is 32.2. The van der Waals surface area contributed by atoms with E-state index in [1.165, 1.54) is 70.8 Å². The minimum absolute atomic E-state index is 0.0912. The van der Waals surface area contributed by atoms with E-state index in [-0.39, 0.29) is 35.2 Å². The Bertz CT molecular complexity index is 1570. The smallest absolute Gasteiger partial charge is 0.327 e. The number of carboxylic acid groups (broad SMARTS) is 2. The average Bonchev–Trinajstić information content (AvgIpc) is 3.22. The maximum absolute atomic E-state index is 12.6. The highest BCUT2D eigenvalue weighted by Crippen LogP contribution is 2.16. The molecule has 4 amide bonds. The second kappa shape index (κ2) is 38.0. The Morgan fingerprint density at radius 1 is 0.455 bits per heavy atom. The van der Waals surface area contributed by atoms with Crippen molar-refractivity contribution in [3.8, 4) is 0 Å². The number of hydrogen-bond donors (Lipinski definition) is 6. The zero-order valence-corrected chi connectivity index (χ0v) is 44.6. The Kier molecular flexibility index (Phi) is 36.9. The number of amides is 4. The largest absolute Gasteiger partial charge is 0.480 e. The van der Waals surface area contributed by atoms with Gasteiger partial charge in [0.05, 0.1) is 0 Å². The Morgan fingerprint density at radius 3 is 1.00 bits per heavy atom. The van der Waals surface area contributed by atoms with Crippen LogP contribution in [0.5, 0.6) is 0 Å². The van der Waals surface area contributed by atoms with Gasteiger partial charge in [-0.2, -0.15) is 23.5 Å². The Morgan fingerprint density at radius 2 is 0.742 bits per heavy atom. The monoisotopic (exact) mass is 961 g/mol. The summed E-state index contributed by atoms with van der Waals surface area (Å²) in [6, 6.07) is -3.47. The van der Waals surface area contributed by atoms with Crippen molar-refractivity contribution in [2.45, 2.75) is 185 Å². The second-order valence-electron chi connectivity index (χ2n) is 17.9. The topological polar surface area (TPSA) is 191 Å². The molecule has 6 atom stereocenters. The molecule has 12 nitrogen and oxygen atoms in total. The third-order valence-corrected chi connectivity index (χ3v) is 12.8. The quantitative estimate of drug-likeness (QED) is 0.0279. The van der Waals surface area contributed by atoms with E-state index >= 15 is 0 Å². The van der Waals surface area contributed by atoms with Crippen LogP contribution in [0.3, 0.4) is 0 Å². The van der Waals surface area contributed by atoms with E-state index < -0.39 is 47.9 Å². The maximum Gasteiger partial charge on any atom is 0.327 e. The lowest BCUT2D eigenvalue weighted by atomic mass is 9.98. The normalized spacial score (nSPS) is 14.8. The van der Waals surface area contributed by atoms with Gasteiger partial charge >= 0.3 is 11.9 Å². The van der Waals surface area contributed by atoms with Crippen LogP contribution in [0.2, 0.25) is 0 Å². The predicted octanol–water partition coefficient (Wildman–Crippen LogP) is 10.5. The Hall–Kier alpha value is -4.04. The molecular weight excluding hydrogens is 873 g/mol. The van der Waals surface area contributed by atoms with Crippen molar-refractivity contribution >= 4 is 59.1 Å². The summed E-state index contributed by atoms with van der Waals surface area (Å²) in [6.07, 6.45) is 23.0. The van der Waals surface area contributed by atoms with Crippen molar-refractivity contribution < 1.29 is 39.0 Å². The van der Waals surface area contributed by atoms with Crippen molar-refractivity contribution in [2.75, 3.05) is 23.0 Å². The van der Waals surface area contributed by atoms with Gasteiger partial charge in [0.25, 0.3) is 0 Å². The van der Waals surface area contributed by atoms with Gasteiger partial charge in [0.1, 0.15) is 24.2 Å². The van der Waals surface area contributed by atoms with Crippen LogP contribution in [0.15, 0.2) is 69.9 Å². The second-order valence-corrected chi connectivity index (χ2v) is 20.1. The Labute approximate surface area is 407 Å². The predicted molar refractivity (Wildman–Crippen MR) is 279 cm³/mol. The van der Waals surface area contributed by atoms with Gasteiger partial charge in [0.15, 0.2) is 0 Å². The van der Waals surface area contributed by atoms with Crippen LogP contribution in [0.4, 0.5) is 0 Å². The summed E-state index contributed by atoms with van der Waals surface area (Å²) in [7, 11) is 0. The first-order valence-electron chi connectivity index (χ1n) is 23.6. The molecule has 0 aliphatic heterocycles. The summed E-state index contributed by atoms with van der Waals surface area (Å²) < 4.78 is 0. The number of hydrogen-bond acceptors (Lipinski definition) is 8. The lowest BCUT2D eigenvalue weighted by Gasteiger charge is -2.24. The van der Waals surface area contributed by atoms with Crippen LogP contribution in [0.1, 0.15) is 161 Å². The molecule has 0 aromatic heterocycles. The number of thioether (sulfide) groups is 2. The summed E-state index contributed by atoms with van der Waals surface area (Å²) in [6.45, 7) is 27.3. The van der Waals surface area contributed by atoms with E-state index in [9.17, 15) is 39.0 Å². The molecule has 0 radical (unpaired) electrons. The minimum Gasteiger partial charge on any atom is -0.480 e. The zero-order chi connectivity index (χ0) is 50.8. The fraction of sp³-hybridized carbons (Fsp3) is 0.654. The van der Waals surface area contributed by atoms with Gasteiger partial charge in [0, 0.05) is 36.9 Å². The summed E-state index contributed by atoms with van der Waals surface area (Å²) in [5.41, 5.74) is 8.07. The summed E-state index contributed by atoms with van der Waals surface area (Å²) in [4.78, 5) is 71.3. The average molecular weight is 961 g/mol. The van der Waals surface area contributed by atoms with Crippen molar-refractivity contribution in [1.29, 1.82) is 0 Å². The van der Waals surface area contributed by atoms with E-state index in [0.717, 1.165) is 51.4 Å². The fourth-order valence-electron chi connectivity index (χ4n) is 6.17. The van der Waals surface area contributed by atoms with Crippen LogP contribution in [0, 0.1) is 11.8 Å². The van der Waals surface area contributed by atoms with Gasteiger partial charge in [-0.15, -0.1) is 0 Å². The molecule has 0 saturated heterocycles. The van der Waals surface area contributed by atoms with Gasteiger partial charge < -0.3 is 31.5 Å². The molecular formula is C52H88N4O8S2. The number of carboxylic acids is 2. The molecule has 0 aromatic carbocycles. The number of nitrogens with one attached hydrogen (secondary N) is 4. The van der Waals surface area contributed by atoms with Crippen molar-refractivity contribution in [2.24, 2.45) is 11.8 Å². The summed E-state index contributed by atoms with van der Waals surface area (Å²) in [5.74, 6) is -1.94. The van der Waals surface area contributed by atoms with E-state index in [1.54, 1.807) is 0 Å². The third-order valence-electron chi connectivity index (χ3n) is 10.9. The highest BCUT2D eigenvalue weighted by Gasteiger charge is 2.30. The zero-order valence-electron chi connectivity index (χ0n) is 43.0. The van der Waals surface area contributed by atoms with Crippen molar-refractivity contribution in [3.63, 3.8) is 0 Å². The third kappa shape index (κ3) is 34.3. The van der Waals surface area contributed by atoms with Gasteiger partial charge in [-0.25, -0.2) is 9.59 Å². The number of carbonyl (C=O) groups is 6. The van der Waals surface area contributed by atoms with Crippen LogP contribution < -0.4 is 21.3 Å². The van der Waals surface area contributed by atoms with E-state index in [0.29, 0.717) is 24.3 Å². The van der Waals surface area contributed by atoms with E-state index in [4.69, 9.17) is 0 Å². The number of carbonyl (C=O) groups excluding carboxylic acids is 4.